The lowest BCUT2D eigenvalue weighted by Gasteiger charge is -2.11. The number of carbonyl (C=O) groups is 1. The fourth-order valence-electron chi connectivity index (χ4n) is 2.86. The quantitative estimate of drug-likeness (QED) is 0.337. The van der Waals surface area contributed by atoms with E-state index in [-0.39, 0.29) is 18.0 Å². The van der Waals surface area contributed by atoms with E-state index in [9.17, 15) is 14.4 Å². The van der Waals surface area contributed by atoms with Gasteiger partial charge in [0.2, 0.25) is 0 Å². The van der Waals surface area contributed by atoms with Gasteiger partial charge < -0.3 is 14.8 Å². The van der Waals surface area contributed by atoms with E-state index in [4.69, 9.17) is 21.1 Å². The Morgan fingerprint density at radius 1 is 1.12 bits per heavy atom. The molecule has 0 heterocycles. The number of rotatable bonds is 8. The molecule has 0 fully saturated rings. The van der Waals surface area contributed by atoms with Crippen LogP contribution in [0.5, 0.6) is 11.5 Å². The summed E-state index contributed by atoms with van der Waals surface area (Å²) in [7, 11) is 0. The summed E-state index contributed by atoms with van der Waals surface area (Å²) in [6.45, 7) is 2.53. The van der Waals surface area contributed by atoms with E-state index in [1.807, 2.05) is 13.0 Å². The fourth-order valence-corrected chi connectivity index (χ4v) is 3.04. The van der Waals surface area contributed by atoms with Gasteiger partial charge in [0.25, 0.3) is 5.91 Å². The molecule has 0 saturated carbocycles. The molecule has 0 aliphatic rings. The molecule has 0 spiro atoms. The van der Waals surface area contributed by atoms with Gasteiger partial charge >= 0.3 is 0 Å². The Kier molecular flexibility index (Phi) is 7.85. The van der Waals surface area contributed by atoms with Crippen LogP contribution in [0, 0.1) is 17.1 Å². The maximum Gasteiger partial charge on any atom is 0.266 e. The zero-order chi connectivity index (χ0) is 22.9. The molecular weight excluding hydrogens is 431 g/mol. The average molecular weight is 451 g/mol. The molecule has 0 aromatic heterocycles. The molecule has 0 unspecified atom stereocenters. The van der Waals surface area contributed by atoms with E-state index in [0.29, 0.717) is 39.9 Å². The first-order chi connectivity index (χ1) is 15.5. The molecule has 0 aliphatic carbocycles. The average Bonchev–Trinajstić information content (AvgIpc) is 2.78. The summed E-state index contributed by atoms with van der Waals surface area (Å²) in [5.74, 6) is 0.147. The Morgan fingerprint density at radius 2 is 1.91 bits per heavy atom. The van der Waals surface area contributed by atoms with E-state index in [2.05, 4.69) is 5.32 Å². The zero-order valence-electron chi connectivity index (χ0n) is 17.3. The Bertz CT molecular complexity index is 1170. The van der Waals surface area contributed by atoms with Crippen molar-refractivity contribution in [2.24, 2.45) is 0 Å². The van der Waals surface area contributed by atoms with Crippen LogP contribution in [0.2, 0.25) is 5.02 Å². The lowest BCUT2D eigenvalue weighted by atomic mass is 10.1. The summed E-state index contributed by atoms with van der Waals surface area (Å²) in [6.07, 6.45) is 1.40. The Labute approximate surface area is 190 Å². The van der Waals surface area contributed by atoms with Gasteiger partial charge in [-0.3, -0.25) is 4.79 Å². The van der Waals surface area contributed by atoms with Gasteiger partial charge in [-0.1, -0.05) is 23.7 Å². The molecule has 3 aromatic rings. The van der Waals surface area contributed by atoms with Crippen LogP contribution in [0.4, 0.5) is 10.1 Å². The van der Waals surface area contributed by atoms with Gasteiger partial charge in [-0.2, -0.15) is 5.26 Å². The SMILES string of the molecule is CCOc1ccc(NC(=O)/C(C#N)=C/c2cc(Cl)ccc2OCc2cccc(F)c2)cc1. The maximum absolute atomic E-state index is 13.4. The largest absolute Gasteiger partial charge is 0.494 e. The van der Waals surface area contributed by atoms with Gasteiger partial charge in [-0.05, 0) is 73.2 Å². The highest BCUT2D eigenvalue weighted by Gasteiger charge is 2.12. The van der Waals surface area contributed by atoms with Crippen molar-refractivity contribution in [3.8, 4) is 17.6 Å². The predicted molar refractivity (Wildman–Crippen MR) is 122 cm³/mol. The van der Waals surface area contributed by atoms with Crippen LogP contribution in [0.1, 0.15) is 18.1 Å². The number of ether oxygens (including phenoxy) is 2. The monoisotopic (exact) mass is 450 g/mol. The van der Waals surface area contributed by atoms with E-state index in [1.165, 1.54) is 18.2 Å². The molecule has 3 aromatic carbocycles. The zero-order valence-corrected chi connectivity index (χ0v) is 18.0. The molecule has 5 nitrogen and oxygen atoms in total. The highest BCUT2D eigenvalue weighted by atomic mass is 35.5. The lowest BCUT2D eigenvalue weighted by Crippen LogP contribution is -2.13. The van der Waals surface area contributed by atoms with Gasteiger partial charge in [-0.25, -0.2) is 4.39 Å². The van der Waals surface area contributed by atoms with Crippen LogP contribution >= 0.6 is 11.6 Å². The number of hydrogen-bond donors (Lipinski definition) is 1. The van der Waals surface area contributed by atoms with Gasteiger partial charge in [0.05, 0.1) is 6.61 Å². The number of nitriles is 1. The third-order valence-electron chi connectivity index (χ3n) is 4.34. The van der Waals surface area contributed by atoms with Crippen molar-refractivity contribution < 1.29 is 18.7 Å². The second-order valence-electron chi connectivity index (χ2n) is 6.68. The van der Waals surface area contributed by atoms with Crippen molar-refractivity contribution in [2.45, 2.75) is 13.5 Å². The minimum absolute atomic E-state index is 0.112. The first kappa shape index (κ1) is 22.9. The number of nitrogens with one attached hydrogen (secondary N) is 1. The van der Waals surface area contributed by atoms with Crippen LogP contribution in [0.15, 0.2) is 72.3 Å². The van der Waals surface area contributed by atoms with E-state index < -0.39 is 5.91 Å². The number of benzene rings is 3. The topological polar surface area (TPSA) is 71.3 Å². The lowest BCUT2D eigenvalue weighted by molar-refractivity contribution is -0.112. The molecule has 0 atom stereocenters. The maximum atomic E-state index is 13.4. The van der Waals surface area contributed by atoms with Crippen molar-refractivity contribution in [3.63, 3.8) is 0 Å². The molecule has 1 amide bonds. The number of carbonyl (C=O) groups excluding carboxylic acids is 1. The molecule has 0 saturated heterocycles. The predicted octanol–water partition coefficient (Wildman–Crippen LogP) is 6.00. The second-order valence-corrected chi connectivity index (χ2v) is 7.12. The number of halogens is 2. The summed E-state index contributed by atoms with van der Waals surface area (Å²) in [4.78, 5) is 12.6. The van der Waals surface area contributed by atoms with E-state index in [0.717, 1.165) is 0 Å². The molecule has 32 heavy (non-hydrogen) atoms. The first-order valence-electron chi connectivity index (χ1n) is 9.81. The summed E-state index contributed by atoms with van der Waals surface area (Å²) in [5, 5.41) is 12.6. The summed E-state index contributed by atoms with van der Waals surface area (Å²) in [5.41, 5.74) is 1.49. The number of amides is 1. The molecule has 162 valence electrons. The number of nitrogens with zero attached hydrogens (tertiary/aromatic N) is 1. The molecule has 1 N–H and O–H groups in total. The second kappa shape index (κ2) is 11.0. The number of anilines is 1. The molecule has 7 heteroatoms. The molecule has 0 radical (unpaired) electrons. The van der Waals surface area contributed by atoms with Crippen molar-refractivity contribution in [2.75, 3.05) is 11.9 Å². The first-order valence-corrected chi connectivity index (χ1v) is 10.2. The van der Waals surface area contributed by atoms with Crippen molar-refractivity contribution in [3.05, 3.63) is 94.3 Å². The van der Waals surface area contributed by atoms with Crippen molar-refractivity contribution in [1.29, 1.82) is 5.26 Å². The summed E-state index contributed by atoms with van der Waals surface area (Å²) in [6, 6.07) is 19.6. The van der Waals surface area contributed by atoms with E-state index >= 15 is 0 Å². The van der Waals surface area contributed by atoms with Crippen LogP contribution in [-0.4, -0.2) is 12.5 Å². The molecule has 3 rings (SSSR count). The highest BCUT2D eigenvalue weighted by molar-refractivity contribution is 6.30. The van der Waals surface area contributed by atoms with Gasteiger partial charge in [-0.15, -0.1) is 0 Å². The van der Waals surface area contributed by atoms with Gasteiger partial charge in [0, 0.05) is 16.3 Å². The third kappa shape index (κ3) is 6.34. The standard InChI is InChI=1S/C25H20ClFN2O3/c1-2-31-23-9-7-22(8-10-23)29-25(30)19(15-28)13-18-14-20(26)6-11-24(18)32-16-17-4-3-5-21(27)12-17/h3-14H,2,16H2,1H3,(H,29,30)/b19-13+. The van der Waals surface area contributed by atoms with Gasteiger partial charge in [0.15, 0.2) is 0 Å². The van der Waals surface area contributed by atoms with Crippen molar-refractivity contribution in [1.82, 2.24) is 0 Å². The normalized spacial score (nSPS) is 10.9. The van der Waals surface area contributed by atoms with Crippen LogP contribution in [-0.2, 0) is 11.4 Å². The third-order valence-corrected chi connectivity index (χ3v) is 4.58. The van der Waals surface area contributed by atoms with Gasteiger partial charge in [0.1, 0.15) is 35.6 Å². The highest BCUT2D eigenvalue weighted by Crippen LogP contribution is 2.27. The Morgan fingerprint density at radius 3 is 2.59 bits per heavy atom. The molecular formula is C25H20ClFN2O3. The summed E-state index contributed by atoms with van der Waals surface area (Å²) >= 11 is 6.10. The van der Waals surface area contributed by atoms with Crippen molar-refractivity contribution >= 4 is 29.3 Å². The smallest absolute Gasteiger partial charge is 0.266 e. The Balaban J connectivity index is 1.78. The van der Waals surface area contributed by atoms with Crippen LogP contribution in [0.25, 0.3) is 6.08 Å². The molecule has 0 bridgehead atoms. The minimum Gasteiger partial charge on any atom is -0.494 e. The van der Waals surface area contributed by atoms with Crippen LogP contribution < -0.4 is 14.8 Å². The number of hydrogen-bond acceptors (Lipinski definition) is 4. The Hall–Kier alpha value is -3.82. The molecule has 0 aliphatic heterocycles. The fraction of sp³-hybridized carbons (Fsp3) is 0.120. The van der Waals surface area contributed by atoms with E-state index in [1.54, 1.807) is 54.6 Å². The summed E-state index contributed by atoms with van der Waals surface area (Å²) < 4.78 is 24.6. The van der Waals surface area contributed by atoms with Crippen LogP contribution in [0.3, 0.4) is 0 Å². The minimum atomic E-state index is -0.576.